The zero-order valence-corrected chi connectivity index (χ0v) is 13.2. The quantitative estimate of drug-likeness (QED) is 0.673. The van der Waals surface area contributed by atoms with Crippen molar-refractivity contribution in [2.45, 2.75) is 49.8 Å². The SMILES string of the molecule is CC(=O)N[C@@H](CCc1ccccc1)C(F)(F)C(F)(F)C(F)(F)C(F)(F)F. The summed E-state index contributed by atoms with van der Waals surface area (Å²) in [5.74, 6) is -20.9. The van der Waals surface area contributed by atoms with Crippen LogP contribution in [-0.2, 0) is 11.2 Å². The van der Waals surface area contributed by atoms with Crippen LogP contribution in [-0.4, -0.2) is 35.9 Å². The van der Waals surface area contributed by atoms with E-state index in [1.165, 1.54) is 29.6 Å². The van der Waals surface area contributed by atoms with Gasteiger partial charge in [-0.2, -0.15) is 39.5 Å². The number of benzene rings is 1. The fraction of sp³-hybridized carbons (Fsp3) is 0.533. The van der Waals surface area contributed by atoms with E-state index in [0.717, 1.165) is 0 Å². The molecule has 0 saturated heterocycles. The van der Waals surface area contributed by atoms with Gasteiger partial charge in [0, 0.05) is 6.92 Å². The van der Waals surface area contributed by atoms with E-state index < -0.39 is 42.3 Å². The molecule has 0 aliphatic heterocycles. The first kappa shape index (κ1) is 22.1. The lowest BCUT2D eigenvalue weighted by Crippen LogP contribution is -2.67. The van der Waals surface area contributed by atoms with Crippen LogP contribution in [0, 0.1) is 0 Å². The molecule has 0 radical (unpaired) electrons. The van der Waals surface area contributed by atoms with Gasteiger partial charge in [0.05, 0.1) is 6.04 Å². The van der Waals surface area contributed by atoms with E-state index >= 15 is 0 Å². The van der Waals surface area contributed by atoms with E-state index in [0.29, 0.717) is 12.5 Å². The van der Waals surface area contributed by atoms with Crippen LogP contribution in [0.1, 0.15) is 18.9 Å². The molecule has 148 valence electrons. The molecule has 0 saturated carbocycles. The molecule has 0 fully saturated rings. The van der Waals surface area contributed by atoms with Gasteiger partial charge in [0.2, 0.25) is 5.91 Å². The topological polar surface area (TPSA) is 29.1 Å². The molecule has 1 amide bonds. The monoisotopic (exact) mass is 395 g/mol. The van der Waals surface area contributed by atoms with Crippen molar-refractivity contribution in [1.29, 1.82) is 0 Å². The second-order valence-electron chi connectivity index (χ2n) is 5.55. The third kappa shape index (κ3) is 4.24. The number of alkyl halides is 9. The molecule has 26 heavy (non-hydrogen) atoms. The normalized spacial score (nSPS) is 14.8. The number of carbonyl (C=O) groups is 1. The predicted octanol–water partition coefficient (Wildman–Crippen LogP) is 4.59. The van der Waals surface area contributed by atoms with Gasteiger partial charge >= 0.3 is 23.9 Å². The van der Waals surface area contributed by atoms with Gasteiger partial charge in [0.1, 0.15) is 0 Å². The first-order valence-electron chi connectivity index (χ1n) is 7.15. The van der Waals surface area contributed by atoms with Crippen LogP contribution in [0.3, 0.4) is 0 Å². The molecule has 0 aliphatic carbocycles. The zero-order valence-electron chi connectivity index (χ0n) is 13.2. The molecule has 0 unspecified atom stereocenters. The number of halogens is 9. The van der Waals surface area contributed by atoms with Crippen LogP contribution >= 0.6 is 0 Å². The fourth-order valence-corrected chi connectivity index (χ4v) is 2.15. The van der Waals surface area contributed by atoms with Crippen molar-refractivity contribution in [3.8, 4) is 0 Å². The zero-order chi connectivity index (χ0) is 20.4. The molecular weight excluding hydrogens is 381 g/mol. The Morgan fingerprint density at radius 3 is 1.85 bits per heavy atom. The Morgan fingerprint density at radius 1 is 0.923 bits per heavy atom. The largest absolute Gasteiger partial charge is 0.460 e. The van der Waals surface area contributed by atoms with Crippen LogP contribution in [0.15, 0.2) is 30.3 Å². The molecule has 0 heterocycles. The lowest BCUT2D eigenvalue weighted by atomic mass is 9.92. The number of nitrogens with one attached hydrogen (secondary N) is 1. The van der Waals surface area contributed by atoms with Crippen LogP contribution < -0.4 is 5.32 Å². The Hall–Kier alpha value is -1.94. The van der Waals surface area contributed by atoms with Gasteiger partial charge in [-0.1, -0.05) is 30.3 Å². The molecule has 2 nitrogen and oxygen atoms in total. The van der Waals surface area contributed by atoms with Crippen molar-refractivity contribution in [2.24, 2.45) is 0 Å². The minimum atomic E-state index is -6.99. The second kappa shape index (κ2) is 7.36. The van der Waals surface area contributed by atoms with Gasteiger partial charge < -0.3 is 5.32 Å². The van der Waals surface area contributed by atoms with Gasteiger partial charge in [-0.25, -0.2) is 0 Å². The highest BCUT2D eigenvalue weighted by atomic mass is 19.4. The summed E-state index contributed by atoms with van der Waals surface area (Å²) in [6.07, 6.45) is -8.25. The van der Waals surface area contributed by atoms with Crippen LogP contribution in [0.4, 0.5) is 39.5 Å². The van der Waals surface area contributed by atoms with Crippen molar-refractivity contribution >= 4 is 5.91 Å². The highest BCUT2D eigenvalue weighted by Crippen LogP contribution is 2.54. The maximum atomic E-state index is 14.0. The molecule has 0 aliphatic rings. The highest BCUT2D eigenvalue weighted by Gasteiger charge is 2.82. The van der Waals surface area contributed by atoms with E-state index in [4.69, 9.17) is 0 Å². The van der Waals surface area contributed by atoms with Gasteiger partial charge in [-0.15, -0.1) is 0 Å². The molecule has 1 aromatic carbocycles. The lowest BCUT2D eigenvalue weighted by Gasteiger charge is -2.37. The van der Waals surface area contributed by atoms with Crippen molar-refractivity contribution in [2.75, 3.05) is 0 Å². The van der Waals surface area contributed by atoms with Gasteiger partial charge in [-0.3, -0.25) is 4.79 Å². The Morgan fingerprint density at radius 2 is 1.42 bits per heavy atom. The average molecular weight is 395 g/mol. The second-order valence-corrected chi connectivity index (χ2v) is 5.55. The van der Waals surface area contributed by atoms with E-state index in [2.05, 4.69) is 0 Å². The Labute approximate surface area is 142 Å². The maximum absolute atomic E-state index is 14.0. The van der Waals surface area contributed by atoms with Gasteiger partial charge in [-0.05, 0) is 18.4 Å². The van der Waals surface area contributed by atoms with Gasteiger partial charge in [0.15, 0.2) is 0 Å². The molecule has 0 bridgehead atoms. The summed E-state index contributed by atoms with van der Waals surface area (Å²) in [7, 11) is 0. The first-order chi connectivity index (χ1) is 11.6. The maximum Gasteiger partial charge on any atom is 0.460 e. The number of hydrogen-bond acceptors (Lipinski definition) is 1. The first-order valence-corrected chi connectivity index (χ1v) is 7.15. The minimum absolute atomic E-state index is 0.338. The molecule has 11 heteroatoms. The number of aryl methyl sites for hydroxylation is 1. The summed E-state index contributed by atoms with van der Waals surface area (Å²) in [4.78, 5) is 11.0. The molecule has 0 spiro atoms. The van der Waals surface area contributed by atoms with Crippen LogP contribution in [0.25, 0.3) is 0 Å². The van der Waals surface area contributed by atoms with E-state index in [1.54, 1.807) is 6.07 Å². The standard InChI is InChI=1S/C15H14F9NO/c1-9(26)25-11(8-7-10-5-3-2-4-6-10)12(16,17)13(18,19)14(20,21)15(22,23)24/h2-6,11H,7-8H2,1H3,(H,25,26)/t11-/m0/s1. The number of hydrogen-bond donors (Lipinski definition) is 1. The smallest absolute Gasteiger partial charge is 0.347 e. The molecule has 0 aromatic heterocycles. The Bertz CT molecular complexity index is 613. The summed E-state index contributed by atoms with van der Waals surface area (Å²) in [5, 5.41) is 1.35. The van der Waals surface area contributed by atoms with Gasteiger partial charge in [0.25, 0.3) is 0 Å². The molecule has 1 rings (SSSR count). The van der Waals surface area contributed by atoms with Crippen molar-refractivity contribution in [3.63, 3.8) is 0 Å². The summed E-state index contributed by atoms with van der Waals surface area (Å²) in [6, 6.07) is 4.39. The fourth-order valence-electron chi connectivity index (χ4n) is 2.15. The summed E-state index contributed by atoms with van der Waals surface area (Å²) in [5.41, 5.74) is 0.338. The molecule has 1 N–H and O–H groups in total. The van der Waals surface area contributed by atoms with Crippen LogP contribution in [0.5, 0.6) is 0 Å². The Balaban J connectivity index is 3.18. The summed E-state index contributed by atoms with van der Waals surface area (Å²) >= 11 is 0. The van der Waals surface area contributed by atoms with E-state index in [9.17, 15) is 44.3 Å². The average Bonchev–Trinajstić information content (AvgIpc) is 2.50. The molecule has 1 aromatic rings. The van der Waals surface area contributed by atoms with E-state index in [-0.39, 0.29) is 6.42 Å². The predicted molar refractivity (Wildman–Crippen MR) is 73.3 cm³/mol. The summed E-state index contributed by atoms with van der Waals surface area (Å²) < 4.78 is 118. The highest BCUT2D eigenvalue weighted by molar-refractivity contribution is 5.73. The third-order valence-corrected chi connectivity index (χ3v) is 3.55. The minimum Gasteiger partial charge on any atom is -0.347 e. The molecule has 1 atom stereocenters. The van der Waals surface area contributed by atoms with Crippen molar-refractivity contribution < 1.29 is 44.3 Å². The number of rotatable bonds is 7. The number of amides is 1. The van der Waals surface area contributed by atoms with Crippen molar-refractivity contribution in [1.82, 2.24) is 5.32 Å². The number of carbonyl (C=O) groups excluding carboxylic acids is 1. The van der Waals surface area contributed by atoms with E-state index in [1.807, 2.05) is 0 Å². The summed E-state index contributed by atoms with van der Waals surface area (Å²) in [6.45, 7) is 0.644. The third-order valence-electron chi connectivity index (χ3n) is 3.55. The lowest BCUT2D eigenvalue weighted by molar-refractivity contribution is -0.399. The van der Waals surface area contributed by atoms with Crippen molar-refractivity contribution in [3.05, 3.63) is 35.9 Å². The Kier molecular flexibility index (Phi) is 6.25. The van der Waals surface area contributed by atoms with Crippen LogP contribution in [0.2, 0.25) is 0 Å². The molecular formula is C15H14F9NO.